The fourth-order valence-corrected chi connectivity index (χ4v) is 11.4. The molecule has 2 aromatic rings. The van der Waals surface area contributed by atoms with Crippen LogP contribution in [0.5, 0.6) is 0 Å². The zero-order valence-electron chi connectivity index (χ0n) is 21.2. The number of ketones is 1. The molecule has 176 valence electrons. The lowest BCUT2D eigenvalue weighted by Gasteiger charge is -2.45. The van der Waals surface area contributed by atoms with Crippen molar-refractivity contribution in [2.75, 3.05) is 0 Å². The second kappa shape index (κ2) is 9.35. The fraction of sp³-hybridized carbons (Fsp3) is 0.500. The van der Waals surface area contributed by atoms with Crippen LogP contribution >= 0.6 is 0 Å². The van der Waals surface area contributed by atoms with Gasteiger partial charge in [0.2, 0.25) is 0 Å². The molecule has 0 amide bonds. The Kier molecular flexibility index (Phi) is 6.84. The van der Waals surface area contributed by atoms with Gasteiger partial charge in [-0.3, -0.25) is 4.79 Å². The molecule has 2 saturated carbocycles. The minimum Gasteiger partial charge on any atom is -0.404 e. The quantitative estimate of drug-likeness (QED) is 0.382. The average molecular weight is 461 g/mol. The molecular formula is C30H40O2Si. The van der Waals surface area contributed by atoms with Crippen LogP contribution in [0.3, 0.4) is 0 Å². The summed E-state index contributed by atoms with van der Waals surface area (Å²) in [6.45, 7) is 13.7. The molecule has 4 rings (SSSR count). The molecule has 0 heterocycles. The van der Waals surface area contributed by atoms with Crippen molar-refractivity contribution in [2.45, 2.75) is 71.9 Å². The number of rotatable bonds is 6. The van der Waals surface area contributed by atoms with Gasteiger partial charge in [0.1, 0.15) is 5.78 Å². The molecule has 0 radical (unpaired) electrons. The Morgan fingerprint density at radius 2 is 1.55 bits per heavy atom. The van der Waals surface area contributed by atoms with Gasteiger partial charge in [-0.2, -0.15) is 0 Å². The van der Waals surface area contributed by atoms with Crippen molar-refractivity contribution >= 4 is 24.5 Å². The van der Waals surface area contributed by atoms with Crippen molar-refractivity contribution < 1.29 is 9.22 Å². The first-order chi connectivity index (χ1) is 15.6. The number of allylic oxidation sites excluding steroid dienone is 2. The molecule has 0 unspecified atom stereocenters. The summed E-state index contributed by atoms with van der Waals surface area (Å²) in [7, 11) is -2.58. The van der Waals surface area contributed by atoms with E-state index in [0.717, 1.165) is 19.3 Å². The SMILES string of the molecule is CC(C)=CC[C@@H]1C(=O)C[C@H]2C[C@@H](O[Si](c3ccccc3)(c3ccccc3)C(C)(C)C)[C@H](C)[C@H]21. The van der Waals surface area contributed by atoms with Crippen molar-refractivity contribution in [3.63, 3.8) is 0 Å². The molecule has 2 aliphatic carbocycles. The predicted molar refractivity (Wildman–Crippen MR) is 140 cm³/mol. The molecular weight excluding hydrogens is 420 g/mol. The van der Waals surface area contributed by atoms with E-state index in [2.05, 4.69) is 108 Å². The van der Waals surface area contributed by atoms with E-state index < -0.39 is 8.32 Å². The van der Waals surface area contributed by atoms with E-state index in [4.69, 9.17) is 4.43 Å². The van der Waals surface area contributed by atoms with Crippen LogP contribution in [0.2, 0.25) is 5.04 Å². The lowest BCUT2D eigenvalue weighted by Crippen LogP contribution is -2.68. The number of carbonyl (C=O) groups is 1. The van der Waals surface area contributed by atoms with E-state index in [1.165, 1.54) is 15.9 Å². The first-order valence-electron chi connectivity index (χ1n) is 12.6. The van der Waals surface area contributed by atoms with Crippen molar-refractivity contribution in [1.29, 1.82) is 0 Å². The molecule has 0 N–H and O–H groups in total. The largest absolute Gasteiger partial charge is 0.404 e. The van der Waals surface area contributed by atoms with E-state index in [9.17, 15) is 4.79 Å². The van der Waals surface area contributed by atoms with Crippen molar-refractivity contribution in [1.82, 2.24) is 0 Å². The summed E-state index contributed by atoms with van der Waals surface area (Å²) in [6.07, 6.45) is 5.07. The van der Waals surface area contributed by atoms with Gasteiger partial charge >= 0.3 is 0 Å². The highest BCUT2D eigenvalue weighted by Crippen LogP contribution is 2.53. The Hall–Kier alpha value is -1.97. The second-order valence-corrected chi connectivity index (χ2v) is 15.8. The summed E-state index contributed by atoms with van der Waals surface area (Å²) in [4.78, 5) is 12.9. The van der Waals surface area contributed by atoms with E-state index in [0.29, 0.717) is 23.5 Å². The van der Waals surface area contributed by atoms with E-state index in [1.54, 1.807) is 0 Å². The molecule has 2 aromatic carbocycles. The maximum Gasteiger partial charge on any atom is 0.261 e. The number of fused-ring (bicyclic) bond motifs is 1. The standard InChI is InChI=1S/C30H40O2Si/c1-21(2)17-18-26-27(31)19-23-20-28(22(3)29(23)26)32-33(30(4,5)6,24-13-9-7-10-14-24)25-15-11-8-12-16-25/h7-17,22-23,26,28-29H,18-20H2,1-6H3/t22-,23-,26+,28+,29+/m0/s1. The highest BCUT2D eigenvalue weighted by atomic mass is 28.4. The smallest absolute Gasteiger partial charge is 0.261 e. The van der Waals surface area contributed by atoms with Crippen LogP contribution in [0.1, 0.15) is 60.8 Å². The van der Waals surface area contributed by atoms with Crippen LogP contribution in [-0.2, 0) is 9.22 Å². The summed E-state index contributed by atoms with van der Waals surface area (Å²) >= 11 is 0. The van der Waals surface area contributed by atoms with Gasteiger partial charge in [0.25, 0.3) is 8.32 Å². The molecule has 33 heavy (non-hydrogen) atoms. The van der Waals surface area contributed by atoms with Crippen molar-refractivity contribution in [2.24, 2.45) is 23.7 Å². The summed E-state index contributed by atoms with van der Waals surface area (Å²) in [5.74, 6) is 1.92. The second-order valence-electron chi connectivity index (χ2n) is 11.5. The molecule has 0 spiro atoms. The molecule has 0 bridgehead atoms. The Balaban J connectivity index is 1.73. The van der Waals surface area contributed by atoms with E-state index >= 15 is 0 Å². The Labute approximate surface area is 201 Å². The van der Waals surface area contributed by atoms with Gasteiger partial charge in [-0.1, -0.05) is 100 Å². The van der Waals surface area contributed by atoms with Gasteiger partial charge in [0, 0.05) is 18.4 Å². The monoisotopic (exact) mass is 460 g/mol. The van der Waals surface area contributed by atoms with Gasteiger partial charge in [-0.25, -0.2) is 0 Å². The number of carbonyl (C=O) groups excluding carboxylic acids is 1. The minimum absolute atomic E-state index is 0.0234. The molecule has 3 heteroatoms. The van der Waals surface area contributed by atoms with Gasteiger partial charge in [0.05, 0.1) is 0 Å². The van der Waals surface area contributed by atoms with E-state index in [-0.39, 0.29) is 17.1 Å². The summed E-state index contributed by atoms with van der Waals surface area (Å²) in [5.41, 5.74) is 1.30. The average Bonchev–Trinajstić information content (AvgIpc) is 3.24. The molecule has 2 fully saturated rings. The first-order valence-corrected chi connectivity index (χ1v) is 14.5. The zero-order valence-corrected chi connectivity index (χ0v) is 22.2. The number of hydrogen-bond donors (Lipinski definition) is 0. The third-order valence-electron chi connectivity index (χ3n) is 8.14. The maximum absolute atomic E-state index is 12.9. The highest BCUT2D eigenvalue weighted by Gasteiger charge is 2.57. The maximum atomic E-state index is 12.9. The molecule has 2 nitrogen and oxygen atoms in total. The predicted octanol–water partition coefficient (Wildman–Crippen LogP) is 6.15. The number of hydrogen-bond acceptors (Lipinski definition) is 2. The molecule has 0 aliphatic heterocycles. The Bertz CT molecular complexity index is 945. The van der Waals surface area contributed by atoms with Crippen LogP contribution in [-0.4, -0.2) is 20.2 Å². The lowest BCUT2D eigenvalue weighted by atomic mass is 9.83. The molecule has 5 atom stereocenters. The zero-order chi connectivity index (χ0) is 23.8. The van der Waals surface area contributed by atoms with Crippen molar-refractivity contribution in [3.8, 4) is 0 Å². The third kappa shape index (κ3) is 4.42. The van der Waals surface area contributed by atoms with Gasteiger partial charge in [-0.05, 0) is 59.9 Å². The summed E-state index contributed by atoms with van der Waals surface area (Å²) < 4.78 is 7.51. The Morgan fingerprint density at radius 1 is 1.00 bits per heavy atom. The lowest BCUT2D eigenvalue weighted by molar-refractivity contribution is -0.121. The molecule has 2 aliphatic rings. The van der Waals surface area contributed by atoms with Crippen LogP contribution in [0, 0.1) is 23.7 Å². The third-order valence-corrected chi connectivity index (χ3v) is 13.2. The first kappa shape index (κ1) is 24.2. The van der Waals surface area contributed by atoms with Gasteiger partial charge in [0.15, 0.2) is 0 Å². The van der Waals surface area contributed by atoms with Crippen LogP contribution in [0.15, 0.2) is 72.3 Å². The van der Waals surface area contributed by atoms with Gasteiger partial charge < -0.3 is 4.43 Å². The van der Waals surface area contributed by atoms with Crippen LogP contribution in [0.25, 0.3) is 0 Å². The van der Waals surface area contributed by atoms with Gasteiger partial charge in [-0.15, -0.1) is 0 Å². The van der Waals surface area contributed by atoms with Crippen LogP contribution in [0.4, 0.5) is 0 Å². The van der Waals surface area contributed by atoms with Crippen molar-refractivity contribution in [3.05, 3.63) is 72.3 Å². The van der Waals surface area contributed by atoms with E-state index in [1.807, 2.05) is 0 Å². The number of benzene rings is 2. The number of Topliss-reactive ketones (excluding diaryl/α,β-unsaturated/α-hetero) is 1. The molecule has 0 saturated heterocycles. The summed E-state index contributed by atoms with van der Waals surface area (Å²) in [5, 5.41) is 2.65. The summed E-state index contributed by atoms with van der Waals surface area (Å²) in [6, 6.07) is 21.9. The fourth-order valence-electron chi connectivity index (χ4n) is 6.61. The minimum atomic E-state index is -2.58. The highest BCUT2D eigenvalue weighted by molar-refractivity contribution is 6.99. The molecule has 0 aromatic heterocycles. The van der Waals surface area contributed by atoms with Crippen LogP contribution < -0.4 is 10.4 Å². The topological polar surface area (TPSA) is 26.3 Å². The normalized spacial score (nSPS) is 27.5. The Morgan fingerprint density at radius 3 is 2.03 bits per heavy atom.